The van der Waals surface area contributed by atoms with E-state index in [1.807, 2.05) is 30.3 Å². The Morgan fingerprint density at radius 2 is 2.00 bits per heavy atom. The summed E-state index contributed by atoms with van der Waals surface area (Å²) >= 11 is 3.34. The van der Waals surface area contributed by atoms with Crippen LogP contribution in [0.5, 0.6) is 0 Å². The van der Waals surface area contributed by atoms with Crippen LogP contribution < -0.4 is 5.32 Å². The second-order valence-corrected chi connectivity index (χ2v) is 7.51. The summed E-state index contributed by atoms with van der Waals surface area (Å²) in [7, 11) is 0. The number of fused-ring (bicyclic) bond motifs is 1. The maximum absolute atomic E-state index is 12.5. The van der Waals surface area contributed by atoms with Crippen LogP contribution >= 0.6 is 15.9 Å². The van der Waals surface area contributed by atoms with Gasteiger partial charge in [0.25, 0.3) is 5.91 Å². The van der Waals surface area contributed by atoms with E-state index < -0.39 is 5.91 Å². The maximum Gasteiger partial charge on any atom is 0.267 e. The Kier molecular flexibility index (Phi) is 5.37. The molecule has 1 N–H and O–H groups in total. The van der Waals surface area contributed by atoms with E-state index >= 15 is 0 Å². The number of allylic oxidation sites excluding steroid dienone is 5. The molecule has 1 aliphatic rings. The first-order chi connectivity index (χ1) is 14.1. The lowest BCUT2D eigenvalue weighted by molar-refractivity contribution is -0.112. The first-order valence-corrected chi connectivity index (χ1v) is 9.87. The first kappa shape index (κ1) is 18.9. The molecule has 0 fully saturated rings. The summed E-state index contributed by atoms with van der Waals surface area (Å²) in [5.74, 6) is -0.0851. The smallest absolute Gasteiger partial charge is 0.267 e. The van der Waals surface area contributed by atoms with Crippen LogP contribution in [-0.2, 0) is 4.79 Å². The minimum Gasteiger partial charge on any atom is -0.306 e. The van der Waals surface area contributed by atoms with Gasteiger partial charge in [-0.05, 0) is 52.1 Å². The van der Waals surface area contributed by atoms with Crippen molar-refractivity contribution in [2.45, 2.75) is 6.42 Å². The van der Waals surface area contributed by atoms with Crippen molar-refractivity contribution in [2.24, 2.45) is 0 Å². The monoisotopic (exact) mass is 441 g/mol. The number of pyridine rings is 1. The maximum atomic E-state index is 12.5. The number of benzene rings is 2. The van der Waals surface area contributed by atoms with Crippen molar-refractivity contribution < 1.29 is 4.79 Å². The quantitative estimate of drug-likeness (QED) is 0.410. The number of nitrogens with one attached hydrogen (secondary N) is 1. The number of nitrogens with zero attached hydrogens (tertiary/aromatic N) is 2. The van der Waals surface area contributed by atoms with Crippen molar-refractivity contribution in [3.05, 3.63) is 100 Å². The minimum absolute atomic E-state index is 0.0468. The van der Waals surface area contributed by atoms with E-state index in [-0.39, 0.29) is 5.57 Å². The summed E-state index contributed by atoms with van der Waals surface area (Å²) in [4.78, 5) is 16.6. The Morgan fingerprint density at radius 3 is 2.83 bits per heavy atom. The van der Waals surface area contributed by atoms with Crippen molar-refractivity contribution in [3.8, 4) is 6.07 Å². The largest absolute Gasteiger partial charge is 0.306 e. The van der Waals surface area contributed by atoms with Crippen LogP contribution in [-0.4, -0.2) is 10.9 Å². The molecule has 2 aromatic carbocycles. The van der Waals surface area contributed by atoms with Gasteiger partial charge in [-0.25, -0.2) is 4.98 Å². The standard InChI is InChI=1S/C24H16BrN3O/c25-20-10-11-27-23(14-20)28-24(29)19(15-26)13-16-8-9-18(12-16)22-7-3-5-17-4-1-2-6-21(17)22/h1-7,9-14H,8H2,(H,27,28,29)/b19-13+. The lowest BCUT2D eigenvalue weighted by Crippen LogP contribution is -2.14. The lowest BCUT2D eigenvalue weighted by atomic mass is 9.99. The highest BCUT2D eigenvalue weighted by Gasteiger charge is 2.14. The van der Waals surface area contributed by atoms with Crippen LogP contribution in [0.3, 0.4) is 0 Å². The number of carbonyl (C=O) groups excluding carboxylic acids is 1. The molecule has 1 heterocycles. The van der Waals surface area contributed by atoms with E-state index in [0.29, 0.717) is 12.2 Å². The molecular formula is C24H16BrN3O. The molecule has 0 saturated heterocycles. The van der Waals surface area contributed by atoms with Gasteiger partial charge in [0.05, 0.1) is 0 Å². The van der Waals surface area contributed by atoms with Crippen molar-refractivity contribution in [2.75, 3.05) is 5.32 Å². The number of carbonyl (C=O) groups is 1. The zero-order valence-corrected chi connectivity index (χ0v) is 17.0. The number of anilines is 1. The zero-order valence-electron chi connectivity index (χ0n) is 15.4. The van der Waals surface area contributed by atoms with Crippen LogP contribution in [0.25, 0.3) is 16.3 Å². The number of halogens is 1. The van der Waals surface area contributed by atoms with E-state index in [9.17, 15) is 10.1 Å². The number of amides is 1. The van der Waals surface area contributed by atoms with Crippen LogP contribution in [0.15, 0.2) is 94.6 Å². The Hall–Kier alpha value is -3.49. The molecule has 0 radical (unpaired) electrons. The van der Waals surface area contributed by atoms with Gasteiger partial charge >= 0.3 is 0 Å². The van der Waals surface area contributed by atoms with E-state index in [1.54, 1.807) is 24.4 Å². The fourth-order valence-electron chi connectivity index (χ4n) is 3.30. The fraction of sp³-hybridized carbons (Fsp3) is 0.0417. The molecule has 0 aliphatic heterocycles. The summed E-state index contributed by atoms with van der Waals surface area (Å²) in [5.41, 5.74) is 3.21. The zero-order chi connectivity index (χ0) is 20.2. The average Bonchev–Trinajstić information content (AvgIpc) is 3.20. The van der Waals surface area contributed by atoms with Gasteiger partial charge in [-0.2, -0.15) is 5.26 Å². The predicted octanol–water partition coefficient (Wildman–Crippen LogP) is 5.80. The minimum atomic E-state index is -0.474. The predicted molar refractivity (Wildman–Crippen MR) is 119 cm³/mol. The van der Waals surface area contributed by atoms with Crippen molar-refractivity contribution in [1.82, 2.24) is 4.98 Å². The molecule has 0 saturated carbocycles. The van der Waals surface area contributed by atoms with Gasteiger partial charge in [-0.3, -0.25) is 4.79 Å². The molecule has 3 aromatic rings. The molecule has 4 rings (SSSR count). The fourth-order valence-corrected chi connectivity index (χ4v) is 3.64. The molecule has 4 nitrogen and oxygen atoms in total. The third kappa shape index (κ3) is 4.18. The molecular weight excluding hydrogens is 426 g/mol. The van der Waals surface area contributed by atoms with Gasteiger partial charge in [0.2, 0.25) is 0 Å². The van der Waals surface area contributed by atoms with Crippen molar-refractivity contribution in [3.63, 3.8) is 0 Å². The summed E-state index contributed by atoms with van der Waals surface area (Å²) < 4.78 is 0.799. The Bertz CT molecular complexity index is 1240. The number of hydrogen-bond donors (Lipinski definition) is 1. The topological polar surface area (TPSA) is 65.8 Å². The number of hydrogen-bond acceptors (Lipinski definition) is 3. The molecule has 0 unspecified atom stereocenters. The van der Waals surface area contributed by atoms with Gasteiger partial charge in [-0.1, -0.05) is 70.5 Å². The van der Waals surface area contributed by atoms with Crippen LogP contribution in [0.4, 0.5) is 5.82 Å². The second-order valence-electron chi connectivity index (χ2n) is 6.59. The molecule has 0 atom stereocenters. The second kappa shape index (κ2) is 8.26. The van der Waals surface area contributed by atoms with Crippen LogP contribution in [0.2, 0.25) is 0 Å². The molecule has 1 amide bonds. The average molecular weight is 442 g/mol. The van der Waals surface area contributed by atoms with E-state index in [2.05, 4.69) is 56.6 Å². The normalized spacial score (nSPS) is 13.6. The Balaban J connectivity index is 1.58. The van der Waals surface area contributed by atoms with Crippen molar-refractivity contribution in [1.29, 1.82) is 5.26 Å². The molecule has 140 valence electrons. The van der Waals surface area contributed by atoms with Gasteiger partial charge in [0.15, 0.2) is 0 Å². The lowest BCUT2D eigenvalue weighted by Gasteiger charge is -2.06. The SMILES string of the molecule is N#C/C(=C\C1=CC(c2cccc3ccccc23)=CC1)C(=O)Nc1cc(Br)ccn1. The summed E-state index contributed by atoms with van der Waals surface area (Å²) in [6.07, 6.45) is 8.05. The summed E-state index contributed by atoms with van der Waals surface area (Å²) in [6, 6.07) is 19.9. The molecule has 1 aromatic heterocycles. The van der Waals surface area contributed by atoms with Gasteiger partial charge in [0.1, 0.15) is 17.5 Å². The number of rotatable bonds is 4. The molecule has 5 heteroatoms. The highest BCUT2D eigenvalue weighted by Crippen LogP contribution is 2.32. The van der Waals surface area contributed by atoms with Crippen LogP contribution in [0, 0.1) is 11.3 Å². The third-order valence-corrected chi connectivity index (χ3v) is 5.15. The highest BCUT2D eigenvalue weighted by atomic mass is 79.9. The third-order valence-electron chi connectivity index (χ3n) is 4.66. The molecule has 0 spiro atoms. The number of nitriles is 1. The van der Waals surface area contributed by atoms with Gasteiger partial charge < -0.3 is 5.32 Å². The Labute approximate surface area is 177 Å². The van der Waals surface area contributed by atoms with E-state index in [4.69, 9.17) is 0 Å². The highest BCUT2D eigenvalue weighted by molar-refractivity contribution is 9.10. The van der Waals surface area contributed by atoms with Gasteiger partial charge in [0, 0.05) is 10.7 Å². The summed E-state index contributed by atoms with van der Waals surface area (Å²) in [6.45, 7) is 0. The van der Waals surface area contributed by atoms with E-state index in [1.165, 1.54) is 10.8 Å². The van der Waals surface area contributed by atoms with Crippen molar-refractivity contribution >= 4 is 44.0 Å². The molecule has 1 aliphatic carbocycles. The first-order valence-electron chi connectivity index (χ1n) is 9.07. The molecule has 0 bridgehead atoms. The number of aromatic nitrogens is 1. The van der Waals surface area contributed by atoms with E-state index in [0.717, 1.165) is 21.2 Å². The Morgan fingerprint density at radius 1 is 1.17 bits per heavy atom. The molecule has 29 heavy (non-hydrogen) atoms. The summed E-state index contributed by atoms with van der Waals surface area (Å²) in [5, 5.41) is 14.5. The van der Waals surface area contributed by atoms with Gasteiger partial charge in [-0.15, -0.1) is 0 Å². The van der Waals surface area contributed by atoms with Crippen LogP contribution in [0.1, 0.15) is 12.0 Å².